The van der Waals surface area contributed by atoms with Crippen molar-refractivity contribution >= 4 is 44.6 Å². The minimum atomic E-state index is 0.498. The van der Waals surface area contributed by atoms with Gasteiger partial charge in [-0.2, -0.15) is 0 Å². The first-order chi connectivity index (χ1) is 26.5. The number of allylic oxidation sites excluding steroid dienone is 8. The van der Waals surface area contributed by atoms with E-state index < -0.39 is 0 Å². The summed E-state index contributed by atoms with van der Waals surface area (Å²) in [7, 11) is 0. The smallest absolute Gasteiger partial charge is 0.0558 e. The summed E-state index contributed by atoms with van der Waals surface area (Å²) in [5.74, 6) is 4.26. The van der Waals surface area contributed by atoms with Crippen molar-refractivity contribution in [3.05, 3.63) is 168 Å². The molecule has 54 heavy (non-hydrogen) atoms. The molecule has 0 spiro atoms. The molecule has 268 valence electrons. The molecule has 0 amide bonds. The highest BCUT2D eigenvalue weighted by atomic mass is 15.1. The molecule has 1 aromatic heterocycles. The van der Waals surface area contributed by atoms with E-state index in [0.29, 0.717) is 17.8 Å². The van der Waals surface area contributed by atoms with Gasteiger partial charge < -0.3 is 9.47 Å². The maximum atomic E-state index is 2.67. The standard InChI is InChI=1S/C52H50N2/c1-34-28-40-32-50(40)49(29-34)39-20-25-45(35(2)30-39)46-26-23-43(31-36(46)3)54-51-17-11-10-16-47(51)48-27-24-44(33-52(48)54)53(41-14-8-5-9-15-41)42-21-18-38(19-22-42)37-12-6-4-7-13-37/h4-19,21-24,26-27,29-30,33-36,40,45,50H,20,25,28,31-32H2,1-3H3. The lowest BCUT2D eigenvalue weighted by Crippen LogP contribution is -2.24. The Hall–Kier alpha value is -5.34. The number of anilines is 3. The van der Waals surface area contributed by atoms with Crippen LogP contribution in [0.2, 0.25) is 0 Å². The van der Waals surface area contributed by atoms with E-state index in [0.717, 1.165) is 41.2 Å². The van der Waals surface area contributed by atoms with Gasteiger partial charge in [-0.15, -0.1) is 0 Å². The molecule has 0 radical (unpaired) electrons. The fraction of sp³-hybridized carbons (Fsp3) is 0.269. The Morgan fingerprint density at radius 3 is 2.06 bits per heavy atom. The molecule has 0 aliphatic heterocycles. The van der Waals surface area contributed by atoms with Gasteiger partial charge in [-0.3, -0.25) is 0 Å². The topological polar surface area (TPSA) is 8.17 Å². The molecular weight excluding hydrogens is 653 g/mol. The fourth-order valence-corrected chi connectivity index (χ4v) is 10.4. The fourth-order valence-electron chi connectivity index (χ4n) is 10.4. The highest BCUT2D eigenvalue weighted by Crippen LogP contribution is 2.55. The first kappa shape index (κ1) is 33.2. The van der Waals surface area contributed by atoms with E-state index in [1.165, 1.54) is 64.3 Å². The van der Waals surface area contributed by atoms with Gasteiger partial charge in [0.05, 0.1) is 11.0 Å². The molecule has 6 unspecified atom stereocenters. The molecule has 4 aliphatic rings. The van der Waals surface area contributed by atoms with Crippen LogP contribution in [0.25, 0.3) is 38.6 Å². The quantitative estimate of drug-likeness (QED) is 0.161. The van der Waals surface area contributed by atoms with E-state index in [9.17, 15) is 0 Å². The molecule has 1 fully saturated rings. The molecule has 1 heterocycles. The summed E-state index contributed by atoms with van der Waals surface area (Å²) in [4.78, 5) is 2.39. The summed E-state index contributed by atoms with van der Waals surface area (Å²) in [5.41, 5.74) is 14.9. The highest BCUT2D eigenvalue weighted by Gasteiger charge is 2.44. The third kappa shape index (κ3) is 5.88. The van der Waals surface area contributed by atoms with Gasteiger partial charge in [-0.1, -0.05) is 130 Å². The van der Waals surface area contributed by atoms with Crippen molar-refractivity contribution in [2.75, 3.05) is 4.90 Å². The molecule has 2 heteroatoms. The van der Waals surface area contributed by atoms with Crippen LogP contribution in [0, 0.1) is 35.5 Å². The van der Waals surface area contributed by atoms with Gasteiger partial charge >= 0.3 is 0 Å². The lowest BCUT2D eigenvalue weighted by molar-refractivity contribution is 0.389. The van der Waals surface area contributed by atoms with Crippen LogP contribution in [0.3, 0.4) is 0 Å². The summed E-state index contributed by atoms with van der Waals surface area (Å²) < 4.78 is 2.56. The molecule has 0 saturated heterocycles. The van der Waals surface area contributed by atoms with Gasteiger partial charge in [0.2, 0.25) is 0 Å². The van der Waals surface area contributed by atoms with Crippen LogP contribution in [-0.4, -0.2) is 4.57 Å². The van der Waals surface area contributed by atoms with Crippen LogP contribution in [0.4, 0.5) is 17.1 Å². The SMILES string of the molecule is CC1C=C(C2=CC(C)C(C3=CC=C(n4c5ccccc5c5ccc(N(c6ccccc6)c6ccc(-c7ccccc7)cc6)cc54)CC3C)CC2)C2CC2C1. The zero-order chi connectivity index (χ0) is 36.3. The summed E-state index contributed by atoms with van der Waals surface area (Å²) in [6.45, 7) is 7.38. The Morgan fingerprint density at radius 1 is 0.593 bits per heavy atom. The van der Waals surface area contributed by atoms with E-state index in [4.69, 9.17) is 0 Å². The Balaban J connectivity index is 1.02. The maximum Gasteiger partial charge on any atom is 0.0558 e. The number of aromatic nitrogens is 1. The summed E-state index contributed by atoms with van der Waals surface area (Å²) in [6.07, 6.45) is 16.6. The van der Waals surface area contributed by atoms with Crippen LogP contribution < -0.4 is 4.90 Å². The third-order valence-electron chi connectivity index (χ3n) is 13.1. The number of para-hydroxylation sites is 2. The molecular formula is C52H50N2. The van der Waals surface area contributed by atoms with Gasteiger partial charge in [0, 0.05) is 33.5 Å². The monoisotopic (exact) mass is 702 g/mol. The molecule has 2 nitrogen and oxygen atoms in total. The molecule has 4 aliphatic carbocycles. The molecule has 5 aromatic carbocycles. The summed E-state index contributed by atoms with van der Waals surface area (Å²) in [5, 5.41) is 2.61. The van der Waals surface area contributed by atoms with Gasteiger partial charge in [0.15, 0.2) is 0 Å². The molecule has 6 aromatic rings. The van der Waals surface area contributed by atoms with Crippen molar-refractivity contribution in [1.82, 2.24) is 4.57 Å². The second-order valence-electron chi connectivity index (χ2n) is 16.7. The molecule has 10 rings (SSSR count). The van der Waals surface area contributed by atoms with Crippen LogP contribution in [0.1, 0.15) is 52.9 Å². The van der Waals surface area contributed by atoms with E-state index >= 15 is 0 Å². The number of hydrogen-bond donors (Lipinski definition) is 0. The predicted molar refractivity (Wildman–Crippen MR) is 229 cm³/mol. The number of rotatable bonds is 7. The maximum absolute atomic E-state index is 2.67. The van der Waals surface area contributed by atoms with Crippen molar-refractivity contribution in [2.45, 2.75) is 52.9 Å². The van der Waals surface area contributed by atoms with Crippen LogP contribution in [0.15, 0.2) is 168 Å². The van der Waals surface area contributed by atoms with Crippen molar-refractivity contribution in [1.29, 1.82) is 0 Å². The summed E-state index contributed by atoms with van der Waals surface area (Å²) in [6, 6.07) is 46.4. The molecule has 6 atom stereocenters. The largest absolute Gasteiger partial charge is 0.313 e. The van der Waals surface area contributed by atoms with Crippen LogP contribution in [0.5, 0.6) is 0 Å². The van der Waals surface area contributed by atoms with Gasteiger partial charge in [-0.05, 0) is 138 Å². The van der Waals surface area contributed by atoms with Gasteiger partial charge in [0.25, 0.3) is 0 Å². The van der Waals surface area contributed by atoms with Crippen molar-refractivity contribution in [3.63, 3.8) is 0 Å². The zero-order valence-corrected chi connectivity index (χ0v) is 31.8. The minimum absolute atomic E-state index is 0.498. The minimum Gasteiger partial charge on any atom is -0.313 e. The lowest BCUT2D eigenvalue weighted by Gasteiger charge is -2.36. The zero-order valence-electron chi connectivity index (χ0n) is 31.8. The number of fused-ring (bicyclic) bond motifs is 4. The van der Waals surface area contributed by atoms with Crippen molar-refractivity contribution in [2.24, 2.45) is 35.5 Å². The van der Waals surface area contributed by atoms with Crippen molar-refractivity contribution in [3.8, 4) is 11.1 Å². The second kappa shape index (κ2) is 13.5. The number of hydrogen-bond acceptors (Lipinski definition) is 1. The van der Waals surface area contributed by atoms with Crippen LogP contribution >= 0.6 is 0 Å². The highest BCUT2D eigenvalue weighted by molar-refractivity contribution is 6.11. The number of nitrogens with zero attached hydrogens (tertiary/aromatic N) is 2. The second-order valence-corrected chi connectivity index (χ2v) is 16.7. The third-order valence-corrected chi connectivity index (χ3v) is 13.1. The van der Waals surface area contributed by atoms with Gasteiger partial charge in [-0.25, -0.2) is 0 Å². The van der Waals surface area contributed by atoms with Gasteiger partial charge in [0.1, 0.15) is 0 Å². The average Bonchev–Trinajstić information content (AvgIpc) is 3.91. The first-order valence-electron chi connectivity index (χ1n) is 20.4. The van der Waals surface area contributed by atoms with Crippen molar-refractivity contribution < 1.29 is 0 Å². The molecule has 1 saturated carbocycles. The Labute approximate surface area is 320 Å². The Morgan fingerprint density at radius 2 is 1.28 bits per heavy atom. The first-order valence-corrected chi connectivity index (χ1v) is 20.4. The summed E-state index contributed by atoms with van der Waals surface area (Å²) >= 11 is 0. The predicted octanol–water partition coefficient (Wildman–Crippen LogP) is 14.3. The Bertz CT molecular complexity index is 2470. The average molecular weight is 703 g/mol. The molecule has 0 N–H and O–H groups in total. The lowest BCUT2D eigenvalue weighted by atomic mass is 9.70. The van der Waals surface area contributed by atoms with Crippen LogP contribution in [-0.2, 0) is 0 Å². The van der Waals surface area contributed by atoms with E-state index in [2.05, 4.69) is 182 Å². The molecule has 0 bridgehead atoms. The van der Waals surface area contributed by atoms with E-state index in [1.807, 2.05) is 0 Å². The van der Waals surface area contributed by atoms with E-state index in [-0.39, 0.29) is 0 Å². The van der Waals surface area contributed by atoms with E-state index in [1.54, 1.807) is 16.7 Å². The normalized spacial score (nSPS) is 25.0. The Kier molecular flexibility index (Phi) is 8.31. The number of benzene rings is 5.